The van der Waals surface area contributed by atoms with Gasteiger partial charge in [-0.25, -0.2) is 14.4 Å². The highest BCUT2D eigenvalue weighted by Crippen LogP contribution is 2.17. The van der Waals surface area contributed by atoms with Crippen molar-refractivity contribution in [1.82, 2.24) is 5.32 Å². The van der Waals surface area contributed by atoms with Crippen LogP contribution in [0, 0.1) is 0 Å². The van der Waals surface area contributed by atoms with Crippen LogP contribution >= 0.6 is 0 Å². The molecule has 1 atom stereocenters. The van der Waals surface area contributed by atoms with Gasteiger partial charge in [-0.1, -0.05) is 12.1 Å². The van der Waals surface area contributed by atoms with Gasteiger partial charge < -0.3 is 24.8 Å². The van der Waals surface area contributed by atoms with Gasteiger partial charge in [0.2, 0.25) is 5.91 Å². The van der Waals surface area contributed by atoms with Gasteiger partial charge in [-0.05, 0) is 83.5 Å². The summed E-state index contributed by atoms with van der Waals surface area (Å²) < 4.78 is 15.2. The minimum Gasteiger partial charge on any atom is -0.456 e. The van der Waals surface area contributed by atoms with E-state index in [4.69, 9.17) is 9.47 Å². The molecule has 0 heterocycles. The van der Waals surface area contributed by atoms with E-state index in [0.29, 0.717) is 16.9 Å². The Balaban J connectivity index is 2.15. The number of esters is 1. The number of alkyl carbamates (subject to hydrolysis) is 1. The first-order valence-electron chi connectivity index (χ1n) is 11.7. The van der Waals surface area contributed by atoms with Crippen LogP contribution in [0.3, 0.4) is 0 Å². The second-order valence-corrected chi connectivity index (χ2v) is 10.3. The van der Waals surface area contributed by atoms with Crippen LogP contribution < -0.4 is 16.0 Å². The van der Waals surface area contributed by atoms with E-state index >= 15 is 0 Å². The molecule has 10 nitrogen and oxygen atoms in total. The van der Waals surface area contributed by atoms with Crippen LogP contribution in [0.2, 0.25) is 0 Å². The van der Waals surface area contributed by atoms with E-state index in [2.05, 4.69) is 20.7 Å². The SMILES string of the molecule is COC(=O)Nc1ccc(C[C@H](NC(=O)OC(C)(C)C)C(=O)Nc2ccc(C(=O)OC(C)(C)C)cc2)cc1. The standard InChI is InChI=1S/C27H35N3O7/c1-26(2,3)36-23(32)18-10-14-19(15-11-18)28-22(31)21(30-25(34)37-27(4,5)6)16-17-8-12-20(13-9-17)29-24(33)35-7/h8-15,21H,16H2,1-7H3,(H,28,31)(H,29,33)(H,30,34)/t21-/m0/s1. The van der Waals surface area contributed by atoms with E-state index < -0.39 is 41.3 Å². The number of ether oxygens (including phenoxy) is 3. The van der Waals surface area contributed by atoms with Crippen LogP contribution in [0.15, 0.2) is 48.5 Å². The number of methoxy groups -OCH3 is 1. The fourth-order valence-electron chi connectivity index (χ4n) is 3.04. The summed E-state index contributed by atoms with van der Waals surface area (Å²) in [5.41, 5.74) is 0.652. The van der Waals surface area contributed by atoms with Crippen molar-refractivity contribution in [1.29, 1.82) is 0 Å². The molecule has 0 fully saturated rings. The lowest BCUT2D eigenvalue weighted by Gasteiger charge is -2.23. The second kappa shape index (κ2) is 12.2. The molecule has 0 saturated heterocycles. The van der Waals surface area contributed by atoms with Crippen LogP contribution in [0.1, 0.15) is 57.5 Å². The van der Waals surface area contributed by atoms with Crippen molar-refractivity contribution in [2.24, 2.45) is 0 Å². The maximum atomic E-state index is 13.1. The van der Waals surface area contributed by atoms with Crippen molar-refractivity contribution in [2.45, 2.75) is 65.2 Å². The van der Waals surface area contributed by atoms with Crippen molar-refractivity contribution in [3.63, 3.8) is 0 Å². The van der Waals surface area contributed by atoms with Gasteiger partial charge >= 0.3 is 18.2 Å². The smallest absolute Gasteiger partial charge is 0.411 e. The average Bonchev–Trinajstić information content (AvgIpc) is 2.77. The van der Waals surface area contributed by atoms with E-state index in [1.807, 2.05) is 0 Å². The molecule has 200 valence electrons. The third-order valence-corrected chi connectivity index (χ3v) is 4.62. The van der Waals surface area contributed by atoms with E-state index in [1.165, 1.54) is 7.11 Å². The van der Waals surface area contributed by atoms with Crippen LogP contribution in [0.25, 0.3) is 0 Å². The molecule has 0 spiro atoms. The van der Waals surface area contributed by atoms with Gasteiger partial charge in [0.15, 0.2) is 0 Å². The van der Waals surface area contributed by atoms with Crippen molar-refractivity contribution < 1.29 is 33.4 Å². The molecule has 10 heteroatoms. The zero-order chi connectivity index (χ0) is 27.8. The summed E-state index contributed by atoms with van der Waals surface area (Å²) in [6, 6.07) is 12.0. The molecule has 0 aliphatic carbocycles. The Kier molecular flexibility index (Phi) is 9.65. The lowest BCUT2D eigenvalue weighted by atomic mass is 10.0. The highest BCUT2D eigenvalue weighted by molar-refractivity contribution is 5.97. The summed E-state index contributed by atoms with van der Waals surface area (Å²) in [6.07, 6.45) is -1.19. The van der Waals surface area contributed by atoms with Gasteiger partial charge in [-0.2, -0.15) is 0 Å². The van der Waals surface area contributed by atoms with Gasteiger partial charge in [0.05, 0.1) is 12.7 Å². The molecule has 0 unspecified atom stereocenters. The lowest BCUT2D eigenvalue weighted by Crippen LogP contribution is -2.47. The molecule has 0 aliphatic rings. The topological polar surface area (TPSA) is 132 Å². The van der Waals surface area contributed by atoms with Gasteiger partial charge in [-0.15, -0.1) is 0 Å². The maximum Gasteiger partial charge on any atom is 0.411 e. The molecule has 2 rings (SSSR count). The minimum atomic E-state index is -0.972. The molecule has 2 aromatic rings. The van der Waals surface area contributed by atoms with Crippen molar-refractivity contribution >= 4 is 35.4 Å². The summed E-state index contributed by atoms with van der Waals surface area (Å²) in [4.78, 5) is 49.2. The molecule has 0 aliphatic heterocycles. The summed E-state index contributed by atoms with van der Waals surface area (Å²) in [7, 11) is 1.26. The van der Waals surface area contributed by atoms with Gasteiger partial charge in [0.25, 0.3) is 0 Å². The van der Waals surface area contributed by atoms with E-state index in [9.17, 15) is 19.2 Å². The first-order chi connectivity index (χ1) is 17.1. The number of nitrogens with one attached hydrogen (secondary N) is 3. The summed E-state index contributed by atoms with van der Waals surface area (Å²) >= 11 is 0. The third kappa shape index (κ3) is 10.6. The fourth-order valence-corrected chi connectivity index (χ4v) is 3.04. The number of anilines is 2. The highest BCUT2D eigenvalue weighted by Gasteiger charge is 2.25. The number of amides is 3. The molecular formula is C27H35N3O7. The Labute approximate surface area is 217 Å². The monoisotopic (exact) mass is 513 g/mol. The van der Waals surface area contributed by atoms with E-state index in [-0.39, 0.29) is 6.42 Å². The molecule has 2 aromatic carbocycles. The van der Waals surface area contributed by atoms with Crippen molar-refractivity contribution in [2.75, 3.05) is 17.7 Å². The molecule has 37 heavy (non-hydrogen) atoms. The third-order valence-electron chi connectivity index (χ3n) is 4.62. The summed E-state index contributed by atoms with van der Waals surface area (Å²) in [5.74, 6) is -0.951. The van der Waals surface area contributed by atoms with Crippen LogP contribution in [-0.4, -0.2) is 48.4 Å². The summed E-state index contributed by atoms with van der Waals surface area (Å²) in [5, 5.41) is 7.92. The quantitative estimate of drug-likeness (QED) is 0.355. The fraction of sp³-hybridized carbons (Fsp3) is 0.407. The number of rotatable bonds is 7. The molecule has 3 N–H and O–H groups in total. The molecular weight excluding hydrogens is 478 g/mol. The zero-order valence-electron chi connectivity index (χ0n) is 22.3. The van der Waals surface area contributed by atoms with Crippen molar-refractivity contribution in [3.8, 4) is 0 Å². The van der Waals surface area contributed by atoms with E-state index in [1.54, 1.807) is 90.1 Å². The van der Waals surface area contributed by atoms with Crippen LogP contribution in [-0.2, 0) is 25.4 Å². The number of benzene rings is 2. The first-order valence-corrected chi connectivity index (χ1v) is 11.7. The number of carbonyl (C=O) groups is 4. The molecule has 0 saturated carbocycles. The van der Waals surface area contributed by atoms with Crippen molar-refractivity contribution in [3.05, 3.63) is 59.7 Å². The van der Waals surface area contributed by atoms with Crippen LogP contribution in [0.5, 0.6) is 0 Å². The van der Waals surface area contributed by atoms with Gasteiger partial charge in [0, 0.05) is 17.8 Å². The Bertz CT molecular complexity index is 1100. The lowest BCUT2D eigenvalue weighted by molar-refractivity contribution is -0.118. The van der Waals surface area contributed by atoms with Gasteiger partial charge in [0.1, 0.15) is 17.2 Å². The summed E-state index contributed by atoms with van der Waals surface area (Å²) in [6.45, 7) is 10.5. The zero-order valence-corrected chi connectivity index (χ0v) is 22.3. The molecule has 3 amide bonds. The van der Waals surface area contributed by atoms with Crippen LogP contribution in [0.4, 0.5) is 21.0 Å². The Morgan fingerprint density at radius 3 is 1.76 bits per heavy atom. The second-order valence-electron chi connectivity index (χ2n) is 10.3. The first kappa shape index (κ1) is 29.2. The maximum absolute atomic E-state index is 13.1. The number of hydrogen-bond donors (Lipinski definition) is 3. The normalized spacial score (nSPS) is 12.1. The van der Waals surface area contributed by atoms with E-state index in [0.717, 1.165) is 5.56 Å². The number of hydrogen-bond acceptors (Lipinski definition) is 7. The minimum absolute atomic E-state index is 0.152. The van der Waals surface area contributed by atoms with Gasteiger partial charge in [-0.3, -0.25) is 10.1 Å². The Morgan fingerprint density at radius 2 is 1.24 bits per heavy atom. The Hall–Kier alpha value is -4.08. The predicted molar refractivity (Wildman–Crippen MR) is 140 cm³/mol. The largest absolute Gasteiger partial charge is 0.456 e. The number of carbonyl (C=O) groups excluding carboxylic acids is 4. The molecule has 0 radical (unpaired) electrons. The predicted octanol–water partition coefficient (Wildman–Crippen LogP) is 4.89. The average molecular weight is 514 g/mol. The molecule has 0 aromatic heterocycles. The Morgan fingerprint density at radius 1 is 0.730 bits per heavy atom. The molecule has 0 bridgehead atoms. The highest BCUT2D eigenvalue weighted by atomic mass is 16.6.